The minimum absolute atomic E-state index is 0.679. The Bertz CT molecular complexity index is 230. The van der Waals surface area contributed by atoms with Gasteiger partial charge in [-0.3, -0.25) is 9.59 Å². The molecule has 0 amide bonds. The van der Waals surface area contributed by atoms with Crippen molar-refractivity contribution in [3.05, 3.63) is 0 Å². The summed E-state index contributed by atoms with van der Waals surface area (Å²) in [6.45, 7) is 3.17. The van der Waals surface area contributed by atoms with Crippen molar-refractivity contribution in [2.75, 3.05) is 0 Å². The second-order valence-corrected chi connectivity index (χ2v) is 3.02. The van der Waals surface area contributed by atoms with Crippen molar-refractivity contribution >= 4 is 11.8 Å². The van der Waals surface area contributed by atoms with Crippen LogP contribution >= 0.6 is 0 Å². The molecule has 3 nitrogen and oxygen atoms in total. The lowest BCUT2D eigenvalue weighted by molar-refractivity contribution is -0.309. The maximum atomic E-state index is 11.5. The Morgan fingerprint density at radius 1 is 1.15 bits per heavy atom. The fraction of sp³-hybridized carbons (Fsp3) is 0.714. The number of halogens is 3. The summed E-state index contributed by atoms with van der Waals surface area (Å²) in [5, 5.41) is 0. The highest BCUT2D eigenvalue weighted by Crippen LogP contribution is 2.25. The van der Waals surface area contributed by atoms with Crippen LogP contribution in [0.5, 0.6) is 0 Å². The Hall–Kier alpha value is -1.07. The van der Waals surface area contributed by atoms with Gasteiger partial charge in [-0.05, 0) is 20.8 Å². The van der Waals surface area contributed by atoms with E-state index in [2.05, 4.69) is 4.74 Å². The number of ether oxygens (including phenoxy) is 1. The molecule has 0 saturated heterocycles. The third kappa shape index (κ3) is 3.43. The van der Waals surface area contributed by atoms with Crippen molar-refractivity contribution < 1.29 is 27.5 Å². The standard InChI is InChI=1S/C7H9F3O3/c1-4(11)6(2,3)5(12)13-7(8,9)10/h1-3H3. The van der Waals surface area contributed by atoms with Gasteiger partial charge in [-0.1, -0.05) is 0 Å². The van der Waals surface area contributed by atoms with Crippen molar-refractivity contribution in [1.29, 1.82) is 0 Å². The molecule has 0 aliphatic heterocycles. The first kappa shape index (κ1) is 11.9. The molecular formula is C7H9F3O3. The van der Waals surface area contributed by atoms with Crippen LogP contribution in [0.1, 0.15) is 20.8 Å². The van der Waals surface area contributed by atoms with Crippen LogP contribution in [0.25, 0.3) is 0 Å². The van der Waals surface area contributed by atoms with Gasteiger partial charge in [0.05, 0.1) is 0 Å². The fourth-order valence-corrected chi connectivity index (χ4v) is 0.376. The molecule has 0 fully saturated rings. The number of Topliss-reactive ketones (excluding diaryl/α,β-unsaturated/α-hetero) is 1. The van der Waals surface area contributed by atoms with E-state index in [9.17, 15) is 22.8 Å². The van der Waals surface area contributed by atoms with Gasteiger partial charge < -0.3 is 4.74 Å². The molecule has 0 aromatic rings. The summed E-state index contributed by atoms with van der Waals surface area (Å²) in [5.41, 5.74) is -1.75. The Morgan fingerprint density at radius 2 is 1.54 bits per heavy atom. The topological polar surface area (TPSA) is 43.4 Å². The fourth-order valence-electron chi connectivity index (χ4n) is 0.376. The van der Waals surface area contributed by atoms with Crippen molar-refractivity contribution in [3.63, 3.8) is 0 Å². The van der Waals surface area contributed by atoms with Crippen molar-refractivity contribution in [3.8, 4) is 0 Å². The molecule has 0 aromatic carbocycles. The van der Waals surface area contributed by atoms with Crippen LogP contribution in [0.2, 0.25) is 0 Å². The van der Waals surface area contributed by atoms with Crippen molar-refractivity contribution in [2.24, 2.45) is 5.41 Å². The van der Waals surface area contributed by atoms with Gasteiger partial charge in [0.1, 0.15) is 11.2 Å². The van der Waals surface area contributed by atoms with Crippen molar-refractivity contribution in [2.45, 2.75) is 27.1 Å². The number of alkyl halides is 3. The third-order valence-corrected chi connectivity index (χ3v) is 1.60. The third-order valence-electron chi connectivity index (χ3n) is 1.60. The highest BCUT2D eigenvalue weighted by Gasteiger charge is 2.42. The molecule has 0 aromatic heterocycles. The van der Waals surface area contributed by atoms with Crippen LogP contribution in [0.3, 0.4) is 0 Å². The van der Waals surface area contributed by atoms with Crippen molar-refractivity contribution in [1.82, 2.24) is 0 Å². The van der Waals surface area contributed by atoms with E-state index in [1.165, 1.54) is 0 Å². The van der Waals surface area contributed by atoms with Gasteiger partial charge in [-0.25, -0.2) is 0 Å². The molecule has 0 atom stereocenters. The Balaban J connectivity index is 4.53. The average molecular weight is 198 g/mol. The minimum Gasteiger partial charge on any atom is -0.372 e. The Labute approximate surface area is 72.9 Å². The number of rotatable bonds is 2. The lowest BCUT2D eigenvalue weighted by atomic mass is 9.89. The van der Waals surface area contributed by atoms with E-state index in [1.54, 1.807) is 0 Å². The SMILES string of the molecule is CC(=O)C(C)(C)C(=O)OC(F)(F)F. The first-order chi connectivity index (χ1) is 5.57. The van der Waals surface area contributed by atoms with E-state index in [4.69, 9.17) is 0 Å². The lowest BCUT2D eigenvalue weighted by Gasteiger charge is -2.19. The summed E-state index contributed by atoms with van der Waals surface area (Å²) in [6.07, 6.45) is -5.04. The molecule has 0 aliphatic carbocycles. The molecule has 0 aliphatic rings. The van der Waals surface area contributed by atoms with E-state index in [0.29, 0.717) is 0 Å². The zero-order valence-corrected chi connectivity index (χ0v) is 7.36. The molecule has 0 radical (unpaired) electrons. The smallest absolute Gasteiger partial charge is 0.372 e. The summed E-state index contributed by atoms with van der Waals surface area (Å²) in [7, 11) is 0. The zero-order valence-electron chi connectivity index (χ0n) is 7.36. The summed E-state index contributed by atoms with van der Waals surface area (Å²) < 4.78 is 37.7. The molecule has 0 unspecified atom stereocenters. The molecule has 0 saturated carbocycles. The van der Waals surface area contributed by atoms with Gasteiger partial charge in [0.25, 0.3) is 0 Å². The van der Waals surface area contributed by atoms with Crippen LogP contribution < -0.4 is 0 Å². The first-order valence-electron chi connectivity index (χ1n) is 3.38. The average Bonchev–Trinajstić information content (AvgIpc) is 1.82. The Kier molecular flexibility index (Phi) is 3.08. The summed E-state index contributed by atoms with van der Waals surface area (Å²) in [6, 6.07) is 0. The largest absolute Gasteiger partial charge is 0.575 e. The Morgan fingerprint density at radius 3 is 1.77 bits per heavy atom. The van der Waals surface area contributed by atoms with E-state index in [1.807, 2.05) is 0 Å². The molecule has 0 N–H and O–H groups in total. The number of carbonyl (C=O) groups is 2. The maximum absolute atomic E-state index is 11.5. The monoisotopic (exact) mass is 198 g/mol. The number of hydrogen-bond acceptors (Lipinski definition) is 3. The van der Waals surface area contributed by atoms with E-state index < -0.39 is 23.5 Å². The molecule has 6 heteroatoms. The van der Waals surface area contributed by atoms with E-state index in [-0.39, 0.29) is 0 Å². The van der Waals surface area contributed by atoms with Crippen LogP contribution in [0.15, 0.2) is 0 Å². The molecule has 0 rings (SSSR count). The first-order valence-corrected chi connectivity index (χ1v) is 3.38. The van der Waals surface area contributed by atoms with E-state index >= 15 is 0 Å². The maximum Gasteiger partial charge on any atom is 0.575 e. The number of ketones is 1. The van der Waals surface area contributed by atoms with E-state index in [0.717, 1.165) is 20.8 Å². The van der Waals surface area contributed by atoms with Crippen LogP contribution in [-0.4, -0.2) is 18.1 Å². The second kappa shape index (κ2) is 3.35. The van der Waals surface area contributed by atoms with Gasteiger partial charge in [-0.2, -0.15) is 0 Å². The van der Waals surface area contributed by atoms with Gasteiger partial charge in [0.2, 0.25) is 0 Å². The summed E-state index contributed by atoms with van der Waals surface area (Å²) >= 11 is 0. The van der Waals surface area contributed by atoms with Gasteiger partial charge >= 0.3 is 12.3 Å². The normalized spacial score (nSPS) is 12.5. The summed E-state index contributed by atoms with van der Waals surface area (Å²) in [5.74, 6) is -2.27. The lowest BCUT2D eigenvalue weighted by Crippen LogP contribution is -2.36. The quantitative estimate of drug-likeness (QED) is 0.500. The number of carbonyl (C=O) groups excluding carboxylic acids is 2. The molecule has 0 bridgehead atoms. The molecule has 0 spiro atoms. The predicted molar refractivity (Wildman–Crippen MR) is 36.6 cm³/mol. The van der Waals surface area contributed by atoms with Crippen LogP contribution in [0, 0.1) is 5.41 Å². The van der Waals surface area contributed by atoms with Crippen LogP contribution in [-0.2, 0) is 14.3 Å². The minimum atomic E-state index is -5.04. The number of hydrogen-bond donors (Lipinski definition) is 0. The molecular weight excluding hydrogens is 189 g/mol. The van der Waals surface area contributed by atoms with Gasteiger partial charge in [-0.15, -0.1) is 13.2 Å². The number of esters is 1. The highest BCUT2D eigenvalue weighted by atomic mass is 19.4. The van der Waals surface area contributed by atoms with Crippen LogP contribution in [0.4, 0.5) is 13.2 Å². The molecule has 76 valence electrons. The highest BCUT2D eigenvalue weighted by molar-refractivity contribution is 6.01. The molecule has 0 heterocycles. The second-order valence-electron chi connectivity index (χ2n) is 3.02. The summed E-state index contributed by atoms with van der Waals surface area (Å²) in [4.78, 5) is 21.5. The zero-order chi connectivity index (χ0) is 10.9. The predicted octanol–water partition coefficient (Wildman–Crippen LogP) is 1.66. The van der Waals surface area contributed by atoms with Gasteiger partial charge in [0.15, 0.2) is 0 Å². The van der Waals surface area contributed by atoms with Gasteiger partial charge in [0, 0.05) is 0 Å². The molecule has 13 heavy (non-hydrogen) atoms.